The molecule has 0 N–H and O–H groups in total. The topological polar surface area (TPSA) is 94.4 Å². The van der Waals surface area contributed by atoms with Gasteiger partial charge in [0.1, 0.15) is 11.9 Å². The van der Waals surface area contributed by atoms with Crippen molar-refractivity contribution in [1.29, 1.82) is 0 Å². The Labute approximate surface area is 193 Å². The van der Waals surface area contributed by atoms with Crippen LogP contribution in [0.4, 0.5) is 5.95 Å². The van der Waals surface area contributed by atoms with Gasteiger partial charge in [-0.25, -0.2) is 18.4 Å². The summed E-state index contributed by atoms with van der Waals surface area (Å²) in [5, 5.41) is 0. The van der Waals surface area contributed by atoms with Gasteiger partial charge < -0.3 is 9.64 Å². The van der Waals surface area contributed by atoms with Crippen LogP contribution in [0.3, 0.4) is 0 Å². The Morgan fingerprint density at radius 2 is 1.79 bits per heavy atom. The quantitative estimate of drug-likeness (QED) is 0.548. The number of nitrogens with zero attached hydrogens (tertiary/aromatic N) is 4. The molecule has 0 spiro atoms. The maximum Gasteiger partial charge on any atom is 0.258 e. The van der Waals surface area contributed by atoms with E-state index in [1.54, 1.807) is 36.8 Å². The fourth-order valence-electron chi connectivity index (χ4n) is 4.41. The number of hydrogen-bond acceptors (Lipinski definition) is 7. The minimum Gasteiger partial charge on any atom is -0.490 e. The van der Waals surface area contributed by atoms with E-state index >= 15 is 0 Å². The van der Waals surface area contributed by atoms with Crippen LogP contribution >= 0.6 is 0 Å². The van der Waals surface area contributed by atoms with Crippen LogP contribution in [-0.2, 0) is 9.84 Å². The van der Waals surface area contributed by atoms with Crippen LogP contribution in [0.2, 0.25) is 0 Å². The maximum absolute atomic E-state index is 12.7. The van der Waals surface area contributed by atoms with Crippen molar-refractivity contribution < 1.29 is 13.2 Å². The Hall–Kier alpha value is -3.20. The Bertz CT molecular complexity index is 1260. The predicted octanol–water partition coefficient (Wildman–Crippen LogP) is 3.25. The third-order valence-electron chi connectivity index (χ3n) is 6.00. The van der Waals surface area contributed by atoms with E-state index in [4.69, 9.17) is 4.74 Å². The molecule has 1 aliphatic rings. The summed E-state index contributed by atoms with van der Waals surface area (Å²) in [6.45, 7) is 4.29. The number of ether oxygens (including phenoxy) is 1. The van der Waals surface area contributed by atoms with Gasteiger partial charge >= 0.3 is 0 Å². The second kappa shape index (κ2) is 9.35. The lowest BCUT2D eigenvalue weighted by Crippen LogP contribution is -2.51. The molecule has 174 valence electrons. The molecule has 0 radical (unpaired) electrons. The Balaban J connectivity index is 1.49. The lowest BCUT2D eigenvalue weighted by Gasteiger charge is -2.43. The highest BCUT2D eigenvalue weighted by atomic mass is 32.2. The molecule has 3 atom stereocenters. The van der Waals surface area contributed by atoms with Crippen molar-refractivity contribution in [3.8, 4) is 11.4 Å². The number of hydrogen-bond donors (Lipinski definition) is 0. The molecule has 0 amide bonds. The van der Waals surface area contributed by atoms with Crippen LogP contribution in [0.15, 0.2) is 70.7 Å². The summed E-state index contributed by atoms with van der Waals surface area (Å²) < 4.78 is 31.0. The summed E-state index contributed by atoms with van der Waals surface area (Å²) in [5.41, 5.74) is 0.351. The Morgan fingerprint density at radius 3 is 2.39 bits per heavy atom. The molecule has 2 aromatic heterocycles. The predicted molar refractivity (Wildman–Crippen MR) is 127 cm³/mol. The summed E-state index contributed by atoms with van der Waals surface area (Å²) in [5.74, 6) is 1.26. The van der Waals surface area contributed by atoms with E-state index in [9.17, 15) is 13.2 Å². The number of piperidine rings is 1. The third kappa shape index (κ3) is 5.08. The maximum atomic E-state index is 12.7. The summed E-state index contributed by atoms with van der Waals surface area (Å²) >= 11 is 0. The second-order valence-corrected chi connectivity index (χ2v) is 10.4. The lowest BCUT2D eigenvalue weighted by atomic mass is 9.92. The van der Waals surface area contributed by atoms with Crippen molar-refractivity contribution in [3.63, 3.8) is 0 Å². The van der Waals surface area contributed by atoms with E-state index in [0.29, 0.717) is 11.4 Å². The summed E-state index contributed by atoms with van der Waals surface area (Å²) in [7, 11) is -3.29. The van der Waals surface area contributed by atoms with Crippen LogP contribution in [0.25, 0.3) is 5.69 Å². The number of anilines is 1. The largest absolute Gasteiger partial charge is 0.490 e. The number of pyridine rings is 1. The van der Waals surface area contributed by atoms with Crippen LogP contribution in [0, 0.1) is 0 Å². The van der Waals surface area contributed by atoms with Gasteiger partial charge in [0.25, 0.3) is 5.56 Å². The SMILES string of the molecule is CC[C@@H]1C[C@H](Oc2ccn(-c3ccc(S(C)(=O)=O)cc3)c(=O)c2)C[C@@H](C)N1c1ncccn1. The third-order valence-corrected chi connectivity index (χ3v) is 7.13. The van der Waals surface area contributed by atoms with Gasteiger partial charge in [0.15, 0.2) is 9.84 Å². The number of benzene rings is 1. The average molecular weight is 469 g/mol. The zero-order valence-electron chi connectivity index (χ0n) is 19.0. The fourth-order valence-corrected chi connectivity index (χ4v) is 5.04. The summed E-state index contributed by atoms with van der Waals surface area (Å²) in [6, 6.07) is 11.7. The molecule has 1 aromatic carbocycles. The Morgan fingerprint density at radius 1 is 1.09 bits per heavy atom. The van der Waals surface area contributed by atoms with E-state index in [2.05, 4.69) is 28.7 Å². The first kappa shape index (κ1) is 23.0. The van der Waals surface area contributed by atoms with Crippen LogP contribution < -0.4 is 15.2 Å². The van der Waals surface area contributed by atoms with Gasteiger partial charge in [0, 0.05) is 61.5 Å². The number of rotatable bonds is 6. The molecule has 1 saturated heterocycles. The lowest BCUT2D eigenvalue weighted by molar-refractivity contribution is 0.133. The van der Waals surface area contributed by atoms with Crippen molar-refractivity contribution in [2.24, 2.45) is 0 Å². The van der Waals surface area contributed by atoms with Crippen molar-refractivity contribution in [2.45, 2.75) is 56.2 Å². The fraction of sp³-hybridized carbons (Fsp3) is 0.375. The molecule has 3 aromatic rings. The van der Waals surface area contributed by atoms with Crippen LogP contribution in [0.5, 0.6) is 5.75 Å². The molecule has 0 aliphatic carbocycles. The monoisotopic (exact) mass is 468 g/mol. The standard InChI is InChI=1S/C24H28N4O4S/c1-4-18-15-21(14-17(2)28(18)24-25-11-5-12-26-24)32-20-10-13-27(23(29)16-20)19-6-8-22(9-7-19)33(3,30)31/h5-13,16-18,21H,4,14-15H2,1-3H3/t17-,18-,21-/m1/s1. The van der Waals surface area contributed by atoms with E-state index < -0.39 is 9.84 Å². The van der Waals surface area contributed by atoms with Crippen molar-refractivity contribution in [3.05, 3.63) is 71.4 Å². The van der Waals surface area contributed by atoms with Gasteiger partial charge in [-0.3, -0.25) is 9.36 Å². The summed E-state index contributed by atoms with van der Waals surface area (Å²) in [6.07, 6.45) is 8.85. The molecule has 9 heteroatoms. The first-order valence-electron chi connectivity index (χ1n) is 11.0. The first-order valence-corrected chi connectivity index (χ1v) is 12.9. The van der Waals surface area contributed by atoms with Gasteiger partial charge in [-0.05, 0) is 49.7 Å². The molecule has 8 nitrogen and oxygen atoms in total. The second-order valence-electron chi connectivity index (χ2n) is 8.42. The molecule has 3 heterocycles. The van der Waals surface area contributed by atoms with Crippen LogP contribution in [-0.4, -0.2) is 47.4 Å². The van der Waals surface area contributed by atoms with E-state index in [1.807, 2.05) is 6.07 Å². The molecule has 0 unspecified atom stereocenters. The average Bonchev–Trinajstić information content (AvgIpc) is 2.79. The van der Waals surface area contributed by atoms with Gasteiger partial charge in [-0.1, -0.05) is 6.92 Å². The summed E-state index contributed by atoms with van der Waals surface area (Å²) in [4.78, 5) is 24.1. The zero-order valence-corrected chi connectivity index (χ0v) is 19.8. The van der Waals surface area contributed by atoms with Crippen molar-refractivity contribution in [1.82, 2.24) is 14.5 Å². The van der Waals surface area contributed by atoms with E-state index in [1.165, 1.54) is 22.8 Å². The molecule has 0 bridgehead atoms. The first-order chi connectivity index (χ1) is 15.8. The molecule has 4 rings (SSSR count). The number of aromatic nitrogens is 3. The van der Waals surface area contributed by atoms with Gasteiger partial charge in [0.05, 0.1) is 4.90 Å². The molecule has 1 fully saturated rings. The van der Waals surface area contributed by atoms with Gasteiger partial charge in [-0.2, -0.15) is 0 Å². The molecule has 33 heavy (non-hydrogen) atoms. The van der Waals surface area contributed by atoms with Crippen molar-refractivity contribution in [2.75, 3.05) is 11.2 Å². The van der Waals surface area contributed by atoms with E-state index in [-0.39, 0.29) is 28.6 Å². The minimum absolute atomic E-state index is 0.0193. The molecular weight excluding hydrogens is 440 g/mol. The van der Waals surface area contributed by atoms with E-state index in [0.717, 1.165) is 31.5 Å². The molecular formula is C24H28N4O4S. The van der Waals surface area contributed by atoms with Crippen LogP contribution in [0.1, 0.15) is 33.1 Å². The minimum atomic E-state index is -3.29. The highest BCUT2D eigenvalue weighted by molar-refractivity contribution is 7.90. The highest BCUT2D eigenvalue weighted by Crippen LogP contribution is 2.30. The molecule has 0 saturated carbocycles. The Kier molecular flexibility index (Phi) is 6.51. The van der Waals surface area contributed by atoms with Gasteiger partial charge in [-0.15, -0.1) is 0 Å². The zero-order chi connectivity index (χ0) is 23.6. The highest BCUT2D eigenvalue weighted by Gasteiger charge is 2.35. The smallest absolute Gasteiger partial charge is 0.258 e. The normalized spacial score (nSPS) is 21.1. The number of sulfone groups is 1. The molecule has 1 aliphatic heterocycles. The van der Waals surface area contributed by atoms with Crippen molar-refractivity contribution >= 4 is 15.8 Å². The van der Waals surface area contributed by atoms with Gasteiger partial charge in [0.2, 0.25) is 5.95 Å².